The molecule has 0 radical (unpaired) electrons. The summed E-state index contributed by atoms with van der Waals surface area (Å²) in [4.78, 5) is 6.98. The molecular weight excluding hydrogens is 326 g/mol. The van der Waals surface area contributed by atoms with Gasteiger partial charge in [-0.2, -0.15) is 0 Å². The largest absolute Gasteiger partial charge is 0.494 e. The maximum Gasteiger partial charge on any atom is 0.145 e. The van der Waals surface area contributed by atoms with Crippen molar-refractivity contribution in [3.8, 4) is 5.75 Å². The van der Waals surface area contributed by atoms with Crippen molar-refractivity contribution in [1.29, 1.82) is 0 Å². The number of rotatable bonds is 4. The molecule has 0 bridgehead atoms. The van der Waals surface area contributed by atoms with Gasteiger partial charge in [0.1, 0.15) is 23.4 Å². The van der Waals surface area contributed by atoms with Crippen LogP contribution in [0.3, 0.4) is 0 Å². The van der Waals surface area contributed by atoms with E-state index in [2.05, 4.69) is 50.6 Å². The zero-order chi connectivity index (χ0) is 18.1. The molecule has 0 saturated carbocycles. The predicted octanol–water partition coefficient (Wildman–Crippen LogP) is 3.80. The summed E-state index contributed by atoms with van der Waals surface area (Å²) in [5.74, 6) is 2.42. The van der Waals surface area contributed by atoms with Gasteiger partial charge in [-0.1, -0.05) is 12.1 Å². The molecule has 6 heteroatoms. The fraction of sp³-hybridized carbons (Fsp3) is 0.450. The Morgan fingerprint density at radius 1 is 1.15 bits per heavy atom. The van der Waals surface area contributed by atoms with Gasteiger partial charge >= 0.3 is 0 Å². The van der Waals surface area contributed by atoms with Crippen LogP contribution in [0.4, 0.5) is 5.69 Å². The van der Waals surface area contributed by atoms with Crippen LogP contribution in [0.25, 0.3) is 10.9 Å². The summed E-state index contributed by atoms with van der Waals surface area (Å²) in [7, 11) is 1.69. The third-order valence-corrected chi connectivity index (χ3v) is 5.29. The van der Waals surface area contributed by atoms with Gasteiger partial charge in [0.2, 0.25) is 0 Å². The lowest BCUT2D eigenvalue weighted by molar-refractivity contribution is 0.419. The van der Waals surface area contributed by atoms with Crippen molar-refractivity contribution in [3.05, 3.63) is 42.6 Å². The molecule has 3 heterocycles. The number of ether oxygens (including phenoxy) is 1. The number of aromatic nitrogens is 4. The first kappa shape index (κ1) is 16.8. The lowest BCUT2D eigenvalue weighted by Gasteiger charge is -2.34. The number of hydrogen-bond acceptors (Lipinski definition) is 5. The summed E-state index contributed by atoms with van der Waals surface area (Å²) in [6.07, 6.45) is 5.90. The molecule has 136 valence electrons. The molecule has 0 amide bonds. The monoisotopic (exact) mass is 351 g/mol. The second-order valence-electron chi connectivity index (χ2n) is 7.14. The molecule has 1 aliphatic heterocycles. The highest BCUT2D eigenvalue weighted by Crippen LogP contribution is 2.35. The molecule has 1 aliphatic rings. The Kier molecular flexibility index (Phi) is 4.49. The van der Waals surface area contributed by atoms with Gasteiger partial charge in [0.15, 0.2) is 0 Å². The Balaban J connectivity index is 1.57. The average Bonchev–Trinajstić information content (AvgIpc) is 3.17. The van der Waals surface area contributed by atoms with E-state index >= 15 is 0 Å². The van der Waals surface area contributed by atoms with Crippen LogP contribution in [0.1, 0.15) is 44.5 Å². The standard InChI is InChI=1S/C20H25N5O/c1-14(2)25-13-22-23-20(25)15-8-11-24(12-9-15)17-7-10-21-19-16(17)5-4-6-18(19)26-3/h4-7,10,13-15H,8-9,11-12H2,1-3H3. The molecule has 0 unspecified atom stereocenters. The summed E-state index contributed by atoms with van der Waals surface area (Å²) in [5, 5.41) is 9.68. The van der Waals surface area contributed by atoms with Crippen molar-refractivity contribution in [2.75, 3.05) is 25.1 Å². The van der Waals surface area contributed by atoms with Gasteiger partial charge in [-0.25, -0.2) is 0 Å². The van der Waals surface area contributed by atoms with Crippen LogP contribution in [0.5, 0.6) is 5.75 Å². The van der Waals surface area contributed by atoms with Crippen molar-refractivity contribution < 1.29 is 4.74 Å². The van der Waals surface area contributed by atoms with E-state index in [1.165, 1.54) is 5.69 Å². The first-order valence-electron chi connectivity index (χ1n) is 9.25. The van der Waals surface area contributed by atoms with Gasteiger partial charge in [0.05, 0.1) is 7.11 Å². The highest BCUT2D eigenvalue weighted by atomic mass is 16.5. The Morgan fingerprint density at radius 2 is 1.96 bits per heavy atom. The fourth-order valence-electron chi connectivity index (χ4n) is 3.90. The van der Waals surface area contributed by atoms with E-state index in [0.717, 1.165) is 48.4 Å². The van der Waals surface area contributed by atoms with Crippen molar-refractivity contribution in [2.24, 2.45) is 0 Å². The number of hydrogen-bond donors (Lipinski definition) is 0. The molecule has 6 nitrogen and oxygen atoms in total. The number of piperidine rings is 1. The molecule has 0 N–H and O–H groups in total. The van der Waals surface area contributed by atoms with Crippen molar-refractivity contribution in [3.63, 3.8) is 0 Å². The number of fused-ring (bicyclic) bond motifs is 1. The molecule has 0 aliphatic carbocycles. The number of pyridine rings is 1. The Labute approximate surface area is 153 Å². The molecular formula is C20H25N5O. The number of anilines is 1. The minimum absolute atomic E-state index is 0.398. The minimum Gasteiger partial charge on any atom is -0.494 e. The smallest absolute Gasteiger partial charge is 0.145 e. The molecule has 2 aromatic heterocycles. The first-order chi connectivity index (χ1) is 12.7. The third kappa shape index (κ3) is 2.89. The topological polar surface area (TPSA) is 56.1 Å². The molecule has 0 spiro atoms. The van der Waals surface area contributed by atoms with Crippen LogP contribution in [-0.2, 0) is 0 Å². The lowest BCUT2D eigenvalue weighted by Crippen LogP contribution is -2.34. The minimum atomic E-state index is 0.398. The second-order valence-corrected chi connectivity index (χ2v) is 7.14. The summed E-state index contributed by atoms with van der Waals surface area (Å²) >= 11 is 0. The summed E-state index contributed by atoms with van der Waals surface area (Å²) < 4.78 is 7.67. The average molecular weight is 351 g/mol. The van der Waals surface area contributed by atoms with E-state index in [1.54, 1.807) is 7.11 Å². The number of para-hydroxylation sites is 1. The zero-order valence-corrected chi connectivity index (χ0v) is 15.6. The highest BCUT2D eigenvalue weighted by molar-refractivity contribution is 5.95. The van der Waals surface area contributed by atoms with Crippen LogP contribution < -0.4 is 9.64 Å². The molecule has 1 aromatic carbocycles. The molecule has 4 rings (SSSR count). The first-order valence-corrected chi connectivity index (χ1v) is 9.25. The van der Waals surface area contributed by atoms with Gasteiger partial charge in [-0.05, 0) is 38.8 Å². The van der Waals surface area contributed by atoms with Crippen LogP contribution >= 0.6 is 0 Å². The fourth-order valence-corrected chi connectivity index (χ4v) is 3.90. The quantitative estimate of drug-likeness (QED) is 0.715. The Morgan fingerprint density at radius 3 is 2.69 bits per heavy atom. The Hall–Kier alpha value is -2.63. The second kappa shape index (κ2) is 6.94. The maximum atomic E-state index is 5.47. The van der Waals surface area contributed by atoms with Crippen molar-refractivity contribution in [2.45, 2.75) is 38.6 Å². The van der Waals surface area contributed by atoms with E-state index in [-0.39, 0.29) is 0 Å². The molecule has 0 atom stereocenters. The number of methoxy groups -OCH3 is 1. The zero-order valence-electron chi connectivity index (χ0n) is 15.6. The van der Waals surface area contributed by atoms with E-state index in [9.17, 15) is 0 Å². The van der Waals surface area contributed by atoms with Gasteiger partial charge in [0, 0.05) is 42.3 Å². The molecule has 3 aromatic rings. The number of nitrogens with zero attached hydrogens (tertiary/aromatic N) is 5. The summed E-state index contributed by atoms with van der Waals surface area (Å²) in [6.45, 7) is 6.37. The maximum absolute atomic E-state index is 5.47. The number of benzene rings is 1. The van der Waals surface area contributed by atoms with Gasteiger partial charge in [-0.3, -0.25) is 4.98 Å². The summed E-state index contributed by atoms with van der Waals surface area (Å²) in [5.41, 5.74) is 2.16. The lowest BCUT2D eigenvalue weighted by atomic mass is 9.95. The van der Waals surface area contributed by atoms with E-state index in [0.29, 0.717) is 12.0 Å². The van der Waals surface area contributed by atoms with E-state index < -0.39 is 0 Å². The molecule has 1 fully saturated rings. The molecule has 26 heavy (non-hydrogen) atoms. The van der Waals surface area contributed by atoms with E-state index in [1.807, 2.05) is 24.7 Å². The predicted molar refractivity (Wildman–Crippen MR) is 103 cm³/mol. The third-order valence-electron chi connectivity index (χ3n) is 5.29. The van der Waals surface area contributed by atoms with Crippen LogP contribution in [-0.4, -0.2) is 39.9 Å². The van der Waals surface area contributed by atoms with Crippen LogP contribution in [0, 0.1) is 0 Å². The van der Waals surface area contributed by atoms with Crippen molar-refractivity contribution >= 4 is 16.6 Å². The van der Waals surface area contributed by atoms with Crippen LogP contribution in [0.15, 0.2) is 36.8 Å². The molecule has 1 saturated heterocycles. The van der Waals surface area contributed by atoms with Crippen molar-refractivity contribution in [1.82, 2.24) is 19.7 Å². The summed E-state index contributed by atoms with van der Waals surface area (Å²) in [6, 6.07) is 8.63. The van der Waals surface area contributed by atoms with E-state index in [4.69, 9.17) is 4.74 Å². The van der Waals surface area contributed by atoms with Gasteiger partial charge in [-0.15, -0.1) is 10.2 Å². The van der Waals surface area contributed by atoms with Gasteiger partial charge < -0.3 is 14.2 Å². The SMILES string of the molecule is COc1cccc2c(N3CCC(c4nncn4C(C)C)CC3)ccnc12. The Bertz CT molecular complexity index is 896. The van der Waals surface area contributed by atoms with Crippen LogP contribution in [0.2, 0.25) is 0 Å². The highest BCUT2D eigenvalue weighted by Gasteiger charge is 2.26. The normalized spacial score (nSPS) is 15.8. The van der Waals surface area contributed by atoms with Gasteiger partial charge in [0.25, 0.3) is 0 Å².